The molecule has 32 heavy (non-hydrogen) atoms. The van der Waals surface area contributed by atoms with Crippen LogP contribution < -0.4 is 10.4 Å². The Bertz CT molecular complexity index is 1420. The Morgan fingerprint density at radius 3 is 2.69 bits per heavy atom. The van der Waals surface area contributed by atoms with Crippen molar-refractivity contribution in [3.63, 3.8) is 0 Å². The predicted octanol–water partition coefficient (Wildman–Crippen LogP) is 2.70. The van der Waals surface area contributed by atoms with E-state index in [4.69, 9.17) is 16.3 Å². The zero-order valence-corrected chi connectivity index (χ0v) is 18.2. The number of halogens is 1. The summed E-state index contributed by atoms with van der Waals surface area (Å²) in [6.07, 6.45) is 1.62. The third-order valence-electron chi connectivity index (χ3n) is 4.62. The molecule has 0 aliphatic heterocycles. The van der Waals surface area contributed by atoms with Crippen molar-refractivity contribution in [3.05, 3.63) is 91.5 Å². The largest absolute Gasteiger partial charge is 0.455 e. The van der Waals surface area contributed by atoms with Crippen molar-refractivity contribution in [1.29, 1.82) is 0 Å². The smallest absolute Gasteiger partial charge is 0.312 e. The van der Waals surface area contributed by atoms with Crippen molar-refractivity contribution >= 4 is 45.6 Å². The standard InChI is InChI=1S/C22H17ClN4O4S/c23-17-8-4-1-5-14(17)12-27-9-10-32-22(27)24-19(28)13-31-20(29)11-18-15-6-2-3-7-16(15)21(30)26-25-18/h1-10H,11-13H2,(H,26,30). The lowest BCUT2D eigenvalue weighted by Gasteiger charge is -2.06. The second-order valence-electron chi connectivity index (χ2n) is 6.79. The molecule has 4 rings (SSSR count). The Labute approximate surface area is 190 Å². The molecule has 10 heteroatoms. The molecule has 4 aromatic rings. The normalized spacial score (nSPS) is 11.6. The van der Waals surface area contributed by atoms with Gasteiger partial charge in [-0.15, -0.1) is 11.3 Å². The first-order valence-electron chi connectivity index (χ1n) is 9.58. The Hall–Kier alpha value is -3.56. The SMILES string of the molecule is O=C(COC(=O)Cc1n[nH]c(=O)c2ccccc12)N=c1sccn1Cc1ccccc1Cl. The van der Waals surface area contributed by atoms with Gasteiger partial charge in [0.05, 0.1) is 24.0 Å². The summed E-state index contributed by atoms with van der Waals surface area (Å²) in [5.74, 6) is -1.23. The van der Waals surface area contributed by atoms with Gasteiger partial charge in [0.1, 0.15) is 0 Å². The Balaban J connectivity index is 1.41. The van der Waals surface area contributed by atoms with Crippen LogP contribution in [0.15, 0.2) is 69.9 Å². The maximum atomic E-state index is 12.3. The lowest BCUT2D eigenvalue weighted by atomic mass is 10.1. The van der Waals surface area contributed by atoms with Crippen LogP contribution in [0.4, 0.5) is 0 Å². The summed E-state index contributed by atoms with van der Waals surface area (Å²) >= 11 is 7.50. The number of fused-ring (bicyclic) bond motifs is 1. The van der Waals surface area contributed by atoms with Gasteiger partial charge in [-0.25, -0.2) is 5.10 Å². The molecule has 8 nitrogen and oxygen atoms in total. The van der Waals surface area contributed by atoms with Crippen LogP contribution in [0.5, 0.6) is 0 Å². The first kappa shape index (κ1) is 21.7. The number of amides is 1. The average Bonchev–Trinajstić information content (AvgIpc) is 3.22. The molecule has 2 aromatic heterocycles. The van der Waals surface area contributed by atoms with Crippen molar-refractivity contribution in [3.8, 4) is 0 Å². The molecule has 0 aliphatic carbocycles. The van der Waals surface area contributed by atoms with E-state index in [0.717, 1.165) is 5.56 Å². The zero-order valence-electron chi connectivity index (χ0n) is 16.7. The van der Waals surface area contributed by atoms with Crippen LogP contribution in [0.3, 0.4) is 0 Å². The van der Waals surface area contributed by atoms with E-state index in [1.54, 1.807) is 41.1 Å². The first-order chi connectivity index (χ1) is 15.5. The highest BCUT2D eigenvalue weighted by molar-refractivity contribution is 7.07. The molecule has 0 radical (unpaired) electrons. The van der Waals surface area contributed by atoms with E-state index in [1.165, 1.54) is 11.3 Å². The highest BCUT2D eigenvalue weighted by atomic mass is 35.5. The number of esters is 1. The molecule has 0 spiro atoms. The Morgan fingerprint density at radius 1 is 1.12 bits per heavy atom. The number of aromatic nitrogens is 3. The molecule has 0 atom stereocenters. The second kappa shape index (κ2) is 9.71. The topological polar surface area (TPSA) is 106 Å². The van der Waals surface area contributed by atoms with Gasteiger partial charge in [-0.3, -0.25) is 14.4 Å². The maximum absolute atomic E-state index is 12.3. The van der Waals surface area contributed by atoms with Crippen molar-refractivity contribution < 1.29 is 14.3 Å². The fourth-order valence-corrected chi connectivity index (χ4v) is 4.03. The quantitative estimate of drug-likeness (QED) is 0.438. The minimum atomic E-state index is -0.645. The molecule has 0 aliphatic rings. The van der Waals surface area contributed by atoms with Crippen LogP contribution >= 0.6 is 22.9 Å². The van der Waals surface area contributed by atoms with Crippen LogP contribution in [0.2, 0.25) is 5.02 Å². The fourth-order valence-electron chi connectivity index (χ4n) is 3.09. The molecule has 1 N–H and O–H groups in total. The van der Waals surface area contributed by atoms with Gasteiger partial charge in [-0.05, 0) is 17.7 Å². The Morgan fingerprint density at radius 2 is 1.88 bits per heavy atom. The van der Waals surface area contributed by atoms with Gasteiger partial charge in [-0.1, -0.05) is 48.0 Å². The van der Waals surface area contributed by atoms with Crippen LogP contribution in [0.1, 0.15) is 11.3 Å². The molecule has 162 valence electrons. The molecule has 0 saturated heterocycles. The molecule has 0 bridgehead atoms. The molecule has 0 saturated carbocycles. The third kappa shape index (κ3) is 5.01. The summed E-state index contributed by atoms with van der Waals surface area (Å²) in [7, 11) is 0. The number of ether oxygens (including phenoxy) is 1. The minimum absolute atomic E-state index is 0.184. The summed E-state index contributed by atoms with van der Waals surface area (Å²) < 4.78 is 6.87. The highest BCUT2D eigenvalue weighted by Gasteiger charge is 2.13. The van der Waals surface area contributed by atoms with E-state index >= 15 is 0 Å². The molecule has 2 heterocycles. The van der Waals surface area contributed by atoms with Crippen molar-refractivity contribution in [1.82, 2.24) is 14.8 Å². The lowest BCUT2D eigenvalue weighted by Crippen LogP contribution is -2.21. The van der Waals surface area contributed by atoms with Crippen LogP contribution in [-0.2, 0) is 27.3 Å². The summed E-state index contributed by atoms with van der Waals surface area (Å²) in [5.41, 5.74) is 0.923. The molecule has 0 fully saturated rings. The molecule has 0 unspecified atom stereocenters. The molecular weight excluding hydrogens is 452 g/mol. The van der Waals surface area contributed by atoms with Crippen molar-refractivity contribution in [2.24, 2.45) is 4.99 Å². The fraction of sp³-hybridized carbons (Fsp3) is 0.136. The second-order valence-corrected chi connectivity index (χ2v) is 8.07. The number of carbonyl (C=O) groups excluding carboxylic acids is 2. The van der Waals surface area contributed by atoms with Gasteiger partial charge in [0.25, 0.3) is 11.5 Å². The number of nitrogens with zero attached hydrogens (tertiary/aromatic N) is 3. The van der Waals surface area contributed by atoms with Gasteiger partial charge in [0, 0.05) is 22.0 Å². The number of carbonyl (C=O) groups is 2. The number of H-pyrrole nitrogens is 1. The number of thiazole rings is 1. The monoisotopic (exact) mass is 468 g/mol. The predicted molar refractivity (Wildman–Crippen MR) is 120 cm³/mol. The lowest BCUT2D eigenvalue weighted by molar-refractivity contribution is -0.147. The van der Waals surface area contributed by atoms with Gasteiger partial charge < -0.3 is 9.30 Å². The Kier molecular flexibility index (Phi) is 6.58. The molecular formula is C22H17ClN4O4S. The number of hydrogen-bond acceptors (Lipinski definition) is 6. The number of aromatic amines is 1. The summed E-state index contributed by atoms with van der Waals surface area (Å²) in [4.78, 5) is 40.8. The highest BCUT2D eigenvalue weighted by Crippen LogP contribution is 2.16. The third-order valence-corrected chi connectivity index (χ3v) is 5.79. The molecule has 2 aromatic carbocycles. The van der Waals surface area contributed by atoms with E-state index in [9.17, 15) is 14.4 Å². The maximum Gasteiger partial charge on any atom is 0.312 e. The average molecular weight is 469 g/mol. The summed E-state index contributed by atoms with van der Waals surface area (Å²) in [6, 6.07) is 14.2. The zero-order chi connectivity index (χ0) is 22.5. The minimum Gasteiger partial charge on any atom is -0.455 e. The van der Waals surface area contributed by atoms with E-state index in [2.05, 4.69) is 15.2 Å². The van der Waals surface area contributed by atoms with E-state index in [-0.39, 0.29) is 12.0 Å². The number of rotatable bonds is 6. The van der Waals surface area contributed by atoms with Gasteiger partial charge in [0.15, 0.2) is 11.4 Å². The van der Waals surface area contributed by atoms with Crippen LogP contribution in [0, 0.1) is 0 Å². The number of hydrogen-bond donors (Lipinski definition) is 1. The van der Waals surface area contributed by atoms with Crippen molar-refractivity contribution in [2.75, 3.05) is 6.61 Å². The van der Waals surface area contributed by atoms with Gasteiger partial charge >= 0.3 is 5.97 Å². The van der Waals surface area contributed by atoms with E-state index in [1.807, 2.05) is 23.6 Å². The van der Waals surface area contributed by atoms with Crippen LogP contribution in [0.25, 0.3) is 10.8 Å². The van der Waals surface area contributed by atoms with Gasteiger partial charge in [0.2, 0.25) is 0 Å². The van der Waals surface area contributed by atoms with E-state index in [0.29, 0.717) is 32.8 Å². The van der Waals surface area contributed by atoms with Gasteiger partial charge in [-0.2, -0.15) is 10.1 Å². The van der Waals surface area contributed by atoms with Crippen molar-refractivity contribution in [2.45, 2.75) is 13.0 Å². The molecule has 1 amide bonds. The summed E-state index contributed by atoms with van der Waals surface area (Å²) in [5, 5.41) is 9.72. The van der Waals surface area contributed by atoms with Crippen LogP contribution in [-0.4, -0.2) is 33.2 Å². The number of nitrogens with one attached hydrogen (secondary N) is 1. The number of benzene rings is 2. The first-order valence-corrected chi connectivity index (χ1v) is 10.8. The summed E-state index contributed by atoms with van der Waals surface area (Å²) in [6.45, 7) is -0.0376. The van der Waals surface area contributed by atoms with E-state index < -0.39 is 18.5 Å².